The minimum absolute atomic E-state index is 0.0244. The Kier molecular flexibility index (Phi) is 10.0. The number of hydrogen-bond donors (Lipinski definition) is 1. The number of para-hydroxylation sites is 1. The summed E-state index contributed by atoms with van der Waals surface area (Å²) in [4.78, 5) is 12.5. The summed E-state index contributed by atoms with van der Waals surface area (Å²) in [7, 11) is 0. The van der Waals surface area contributed by atoms with Gasteiger partial charge in [0, 0.05) is 15.7 Å². The third-order valence-electron chi connectivity index (χ3n) is 4.42. The molecule has 0 radical (unpaired) electrons. The highest BCUT2D eigenvalue weighted by Gasteiger charge is 2.12. The van der Waals surface area contributed by atoms with Gasteiger partial charge in [-0.2, -0.15) is 5.26 Å². The third-order valence-corrected chi connectivity index (χ3v) is 4.92. The van der Waals surface area contributed by atoms with Crippen molar-refractivity contribution in [2.24, 2.45) is 0 Å². The Balaban J connectivity index is 2.04. The van der Waals surface area contributed by atoms with E-state index in [0.29, 0.717) is 23.6 Å². The van der Waals surface area contributed by atoms with Crippen LogP contribution in [0.25, 0.3) is 6.08 Å². The standard InChI is InChI=1S/C24H27BrN2O2/c1-2-3-4-5-6-10-15-29-23-14-13-21(25)17-19(23)16-20(18-26)24(28)27-22-11-8-7-9-12-22/h7-9,11-14,16-17H,2-6,10,15H2,1H3,(H,27,28)/b20-16+. The van der Waals surface area contributed by atoms with Crippen LogP contribution in [0.4, 0.5) is 5.69 Å². The van der Waals surface area contributed by atoms with Crippen molar-refractivity contribution in [2.75, 3.05) is 11.9 Å². The molecule has 0 heterocycles. The van der Waals surface area contributed by atoms with E-state index in [1.807, 2.05) is 42.5 Å². The number of nitrogens with zero attached hydrogens (tertiary/aromatic N) is 1. The number of hydrogen-bond acceptors (Lipinski definition) is 3. The van der Waals surface area contributed by atoms with Crippen LogP contribution in [-0.2, 0) is 4.79 Å². The van der Waals surface area contributed by atoms with E-state index in [-0.39, 0.29) is 5.57 Å². The van der Waals surface area contributed by atoms with Crippen LogP contribution in [0.2, 0.25) is 0 Å². The van der Waals surface area contributed by atoms with Crippen LogP contribution in [0.1, 0.15) is 51.0 Å². The molecule has 4 nitrogen and oxygen atoms in total. The molecule has 0 unspecified atom stereocenters. The molecular weight excluding hydrogens is 428 g/mol. The molecule has 0 bridgehead atoms. The molecule has 2 aromatic rings. The van der Waals surface area contributed by atoms with Crippen molar-refractivity contribution >= 4 is 33.6 Å². The van der Waals surface area contributed by atoms with Gasteiger partial charge in [-0.15, -0.1) is 0 Å². The average Bonchev–Trinajstić information content (AvgIpc) is 2.73. The van der Waals surface area contributed by atoms with Gasteiger partial charge in [-0.1, -0.05) is 73.2 Å². The maximum atomic E-state index is 12.5. The summed E-state index contributed by atoms with van der Waals surface area (Å²) >= 11 is 3.45. The molecule has 1 amide bonds. The fourth-order valence-electron chi connectivity index (χ4n) is 2.85. The molecule has 0 saturated heterocycles. The molecule has 0 aliphatic heterocycles. The van der Waals surface area contributed by atoms with E-state index in [9.17, 15) is 10.1 Å². The predicted octanol–water partition coefficient (Wildman–Crippen LogP) is 6.73. The fraction of sp³-hybridized carbons (Fsp3) is 0.333. The summed E-state index contributed by atoms with van der Waals surface area (Å²) in [5, 5.41) is 12.2. The summed E-state index contributed by atoms with van der Waals surface area (Å²) in [6.07, 6.45) is 8.72. The molecule has 0 fully saturated rings. The molecular formula is C24H27BrN2O2. The van der Waals surface area contributed by atoms with Crippen LogP contribution < -0.4 is 10.1 Å². The van der Waals surface area contributed by atoms with Gasteiger partial charge in [-0.05, 0) is 42.8 Å². The van der Waals surface area contributed by atoms with Gasteiger partial charge in [0.25, 0.3) is 5.91 Å². The Morgan fingerprint density at radius 2 is 1.83 bits per heavy atom. The average molecular weight is 455 g/mol. The Labute approximate surface area is 181 Å². The van der Waals surface area contributed by atoms with Crippen LogP contribution in [0.5, 0.6) is 5.75 Å². The first kappa shape index (κ1) is 22.7. The lowest BCUT2D eigenvalue weighted by Gasteiger charge is -2.11. The fourth-order valence-corrected chi connectivity index (χ4v) is 3.23. The van der Waals surface area contributed by atoms with E-state index in [1.54, 1.807) is 18.2 Å². The predicted molar refractivity (Wildman–Crippen MR) is 122 cm³/mol. The van der Waals surface area contributed by atoms with E-state index < -0.39 is 5.91 Å². The first-order valence-electron chi connectivity index (χ1n) is 10.0. The molecule has 0 aliphatic carbocycles. The Morgan fingerprint density at radius 3 is 2.55 bits per heavy atom. The van der Waals surface area contributed by atoms with E-state index >= 15 is 0 Å². The van der Waals surface area contributed by atoms with Crippen molar-refractivity contribution in [3.63, 3.8) is 0 Å². The second kappa shape index (κ2) is 12.8. The number of nitriles is 1. The second-order valence-corrected chi connectivity index (χ2v) is 7.70. The topological polar surface area (TPSA) is 62.1 Å². The molecule has 152 valence electrons. The zero-order valence-electron chi connectivity index (χ0n) is 16.8. The van der Waals surface area contributed by atoms with Gasteiger partial charge in [-0.25, -0.2) is 0 Å². The Morgan fingerprint density at radius 1 is 1.10 bits per heavy atom. The van der Waals surface area contributed by atoms with E-state index in [4.69, 9.17) is 4.74 Å². The maximum Gasteiger partial charge on any atom is 0.266 e. The summed E-state index contributed by atoms with van der Waals surface area (Å²) in [6.45, 7) is 2.83. The largest absolute Gasteiger partial charge is 0.493 e. The number of amides is 1. The van der Waals surface area contributed by atoms with E-state index in [2.05, 4.69) is 28.2 Å². The number of benzene rings is 2. The van der Waals surface area contributed by atoms with Crippen LogP contribution in [0, 0.1) is 11.3 Å². The van der Waals surface area contributed by atoms with E-state index in [1.165, 1.54) is 25.7 Å². The first-order valence-corrected chi connectivity index (χ1v) is 10.8. The van der Waals surface area contributed by atoms with Gasteiger partial charge >= 0.3 is 0 Å². The van der Waals surface area contributed by atoms with Gasteiger partial charge < -0.3 is 10.1 Å². The molecule has 5 heteroatoms. The minimum atomic E-state index is -0.444. The zero-order chi connectivity index (χ0) is 20.9. The van der Waals surface area contributed by atoms with Gasteiger partial charge in [0.2, 0.25) is 0 Å². The van der Waals surface area contributed by atoms with Gasteiger partial charge in [0.05, 0.1) is 6.61 Å². The number of rotatable bonds is 11. The van der Waals surface area contributed by atoms with Gasteiger partial charge in [0.15, 0.2) is 0 Å². The lowest BCUT2D eigenvalue weighted by atomic mass is 10.1. The van der Waals surface area contributed by atoms with Crippen molar-refractivity contribution in [3.05, 3.63) is 64.1 Å². The molecule has 29 heavy (non-hydrogen) atoms. The lowest BCUT2D eigenvalue weighted by Crippen LogP contribution is -2.13. The second-order valence-electron chi connectivity index (χ2n) is 6.79. The zero-order valence-corrected chi connectivity index (χ0v) is 18.4. The van der Waals surface area contributed by atoms with Gasteiger partial charge in [-0.3, -0.25) is 4.79 Å². The van der Waals surface area contributed by atoms with Crippen LogP contribution >= 0.6 is 15.9 Å². The molecule has 0 saturated carbocycles. The first-order chi connectivity index (χ1) is 14.1. The van der Waals surface area contributed by atoms with Gasteiger partial charge in [0.1, 0.15) is 17.4 Å². The molecule has 1 N–H and O–H groups in total. The SMILES string of the molecule is CCCCCCCCOc1ccc(Br)cc1/C=C(\C#N)C(=O)Nc1ccccc1. The minimum Gasteiger partial charge on any atom is -0.493 e. The lowest BCUT2D eigenvalue weighted by molar-refractivity contribution is -0.112. The van der Waals surface area contributed by atoms with Crippen molar-refractivity contribution in [3.8, 4) is 11.8 Å². The molecule has 2 aromatic carbocycles. The summed E-state index contributed by atoms with van der Waals surface area (Å²) in [6, 6.07) is 16.7. The van der Waals surface area contributed by atoms with Crippen molar-refractivity contribution in [1.82, 2.24) is 0 Å². The monoisotopic (exact) mass is 454 g/mol. The van der Waals surface area contributed by atoms with Crippen molar-refractivity contribution < 1.29 is 9.53 Å². The molecule has 0 spiro atoms. The summed E-state index contributed by atoms with van der Waals surface area (Å²) in [5.74, 6) is 0.225. The van der Waals surface area contributed by atoms with Crippen molar-refractivity contribution in [2.45, 2.75) is 45.4 Å². The number of unbranched alkanes of at least 4 members (excludes halogenated alkanes) is 5. The molecule has 2 rings (SSSR count). The quantitative estimate of drug-likeness (QED) is 0.232. The maximum absolute atomic E-state index is 12.5. The summed E-state index contributed by atoms with van der Waals surface area (Å²) < 4.78 is 6.79. The van der Waals surface area contributed by atoms with Crippen molar-refractivity contribution in [1.29, 1.82) is 5.26 Å². The van der Waals surface area contributed by atoms with Crippen LogP contribution in [0.3, 0.4) is 0 Å². The highest BCUT2D eigenvalue weighted by atomic mass is 79.9. The normalized spacial score (nSPS) is 11.0. The molecule has 0 atom stereocenters. The Hall–Kier alpha value is -2.58. The number of anilines is 1. The molecule has 0 aliphatic rings. The Bertz CT molecular complexity index is 857. The highest BCUT2D eigenvalue weighted by Crippen LogP contribution is 2.26. The number of carbonyl (C=O) groups is 1. The summed E-state index contributed by atoms with van der Waals surface area (Å²) in [5.41, 5.74) is 1.37. The number of nitrogens with one attached hydrogen (secondary N) is 1. The number of ether oxygens (including phenoxy) is 1. The van der Waals surface area contributed by atoms with E-state index in [0.717, 1.165) is 17.3 Å². The smallest absolute Gasteiger partial charge is 0.266 e. The number of halogens is 1. The molecule has 0 aromatic heterocycles. The van der Waals surface area contributed by atoms with Crippen LogP contribution in [-0.4, -0.2) is 12.5 Å². The third kappa shape index (κ3) is 8.13. The highest BCUT2D eigenvalue weighted by molar-refractivity contribution is 9.10. The van der Waals surface area contributed by atoms with Crippen LogP contribution in [0.15, 0.2) is 58.6 Å². The number of carbonyl (C=O) groups excluding carboxylic acids is 1.